The summed E-state index contributed by atoms with van der Waals surface area (Å²) in [7, 11) is 0. The first kappa shape index (κ1) is 14.1. The lowest BCUT2D eigenvalue weighted by Gasteiger charge is -2.30. The normalized spacial score (nSPS) is 23.4. The Morgan fingerprint density at radius 3 is 2.21 bits per heavy atom. The lowest BCUT2D eigenvalue weighted by Crippen LogP contribution is -2.43. The van der Waals surface area contributed by atoms with Crippen LogP contribution in [0.5, 0.6) is 0 Å². The van der Waals surface area contributed by atoms with Gasteiger partial charge in [-0.2, -0.15) is 0 Å². The summed E-state index contributed by atoms with van der Waals surface area (Å²) in [4.78, 5) is 0. The van der Waals surface area contributed by atoms with Crippen LogP contribution in [0.2, 0.25) is 0 Å². The summed E-state index contributed by atoms with van der Waals surface area (Å²) in [6, 6.07) is -0.591. The van der Waals surface area contributed by atoms with Gasteiger partial charge in [-0.15, -0.1) is 12.4 Å². The van der Waals surface area contributed by atoms with Crippen molar-refractivity contribution in [3.8, 4) is 0 Å². The second-order valence-electron chi connectivity index (χ2n) is 5.15. The summed E-state index contributed by atoms with van der Waals surface area (Å²) in [5.74, 6) is -2.55. The topological polar surface area (TPSA) is 12.0 Å². The molecule has 86 valence electrons. The maximum atomic E-state index is 13.6. The Morgan fingerprint density at radius 2 is 1.86 bits per heavy atom. The van der Waals surface area contributed by atoms with Crippen LogP contribution < -0.4 is 5.32 Å². The van der Waals surface area contributed by atoms with Gasteiger partial charge in [0, 0.05) is 6.42 Å². The van der Waals surface area contributed by atoms with Crippen molar-refractivity contribution in [3.63, 3.8) is 0 Å². The third-order valence-electron chi connectivity index (χ3n) is 2.34. The van der Waals surface area contributed by atoms with E-state index in [1.165, 1.54) is 0 Å². The van der Waals surface area contributed by atoms with E-state index in [1.54, 1.807) is 0 Å². The fraction of sp³-hybridized carbons (Fsp3) is 1.00. The second-order valence-corrected chi connectivity index (χ2v) is 5.15. The summed E-state index contributed by atoms with van der Waals surface area (Å²) in [6.07, 6.45) is 1.46. The SMILES string of the molecule is CC(C)(C)CC(F)(F)C1CCCN1.Cl. The van der Waals surface area contributed by atoms with E-state index in [4.69, 9.17) is 0 Å². The van der Waals surface area contributed by atoms with Crippen LogP contribution in [0.15, 0.2) is 0 Å². The molecule has 1 aliphatic heterocycles. The number of rotatable bonds is 2. The van der Waals surface area contributed by atoms with Crippen LogP contribution in [0.25, 0.3) is 0 Å². The fourth-order valence-corrected chi connectivity index (χ4v) is 1.88. The molecular weight excluding hydrogens is 208 g/mol. The minimum Gasteiger partial charge on any atom is -0.309 e. The van der Waals surface area contributed by atoms with Gasteiger partial charge in [0.2, 0.25) is 0 Å². The van der Waals surface area contributed by atoms with E-state index in [0.717, 1.165) is 13.0 Å². The summed E-state index contributed by atoms with van der Waals surface area (Å²) in [5.41, 5.74) is -0.298. The second kappa shape index (κ2) is 4.75. The maximum absolute atomic E-state index is 13.6. The number of hydrogen-bond acceptors (Lipinski definition) is 1. The minimum absolute atomic E-state index is 0. The van der Waals surface area contributed by atoms with E-state index < -0.39 is 12.0 Å². The Bertz CT molecular complexity index is 171. The zero-order valence-electron chi connectivity index (χ0n) is 9.07. The predicted molar refractivity (Wildman–Crippen MR) is 57.3 cm³/mol. The number of halogens is 3. The molecule has 1 unspecified atom stereocenters. The van der Waals surface area contributed by atoms with E-state index in [-0.39, 0.29) is 24.2 Å². The third-order valence-corrected chi connectivity index (χ3v) is 2.34. The quantitative estimate of drug-likeness (QED) is 0.764. The van der Waals surface area contributed by atoms with Crippen LogP contribution in [-0.2, 0) is 0 Å². The maximum Gasteiger partial charge on any atom is 0.263 e. The molecule has 0 amide bonds. The van der Waals surface area contributed by atoms with Gasteiger partial charge in [-0.25, -0.2) is 8.78 Å². The average Bonchev–Trinajstić information content (AvgIpc) is 2.29. The van der Waals surface area contributed by atoms with Gasteiger partial charge in [0.15, 0.2) is 0 Å². The highest BCUT2D eigenvalue weighted by Gasteiger charge is 2.43. The molecule has 14 heavy (non-hydrogen) atoms. The van der Waals surface area contributed by atoms with Gasteiger partial charge >= 0.3 is 0 Å². The van der Waals surface area contributed by atoms with E-state index in [1.807, 2.05) is 20.8 Å². The van der Waals surface area contributed by atoms with Crippen LogP contribution in [0.3, 0.4) is 0 Å². The molecule has 0 aromatic rings. The molecule has 0 spiro atoms. The van der Waals surface area contributed by atoms with Crippen molar-refractivity contribution in [2.45, 2.75) is 52.0 Å². The summed E-state index contributed by atoms with van der Waals surface area (Å²) < 4.78 is 27.1. The Kier molecular flexibility index (Phi) is 4.79. The molecule has 0 aromatic carbocycles. The smallest absolute Gasteiger partial charge is 0.263 e. The minimum atomic E-state index is -2.55. The predicted octanol–water partition coefficient (Wildman–Crippen LogP) is 3.23. The van der Waals surface area contributed by atoms with Crippen LogP contribution in [0.1, 0.15) is 40.0 Å². The molecule has 1 atom stereocenters. The van der Waals surface area contributed by atoms with Crippen molar-refractivity contribution in [1.29, 1.82) is 0 Å². The molecule has 1 fully saturated rings. The highest BCUT2D eigenvalue weighted by molar-refractivity contribution is 5.85. The van der Waals surface area contributed by atoms with Crippen molar-refractivity contribution in [2.24, 2.45) is 5.41 Å². The van der Waals surface area contributed by atoms with Crippen molar-refractivity contribution < 1.29 is 8.78 Å². The molecular formula is C10H20ClF2N. The molecule has 1 nitrogen and oxygen atoms in total. The molecule has 0 radical (unpaired) electrons. The zero-order chi connectivity index (χ0) is 10.1. The zero-order valence-corrected chi connectivity index (χ0v) is 9.89. The fourth-order valence-electron chi connectivity index (χ4n) is 1.88. The Hall–Kier alpha value is 0.110. The third kappa shape index (κ3) is 4.09. The summed E-state index contributed by atoms with van der Waals surface area (Å²) >= 11 is 0. The molecule has 0 saturated carbocycles. The molecule has 1 heterocycles. The number of alkyl halides is 2. The summed E-state index contributed by atoms with van der Waals surface area (Å²) in [5, 5.41) is 2.87. The van der Waals surface area contributed by atoms with Gasteiger partial charge in [0.05, 0.1) is 6.04 Å². The van der Waals surface area contributed by atoms with Crippen LogP contribution in [-0.4, -0.2) is 18.5 Å². The average molecular weight is 228 g/mol. The first-order valence-electron chi connectivity index (χ1n) is 4.92. The lowest BCUT2D eigenvalue weighted by molar-refractivity contribution is -0.0631. The molecule has 0 bridgehead atoms. The summed E-state index contributed by atoms with van der Waals surface area (Å²) in [6.45, 7) is 6.31. The van der Waals surface area contributed by atoms with Gasteiger partial charge in [0.1, 0.15) is 0 Å². The van der Waals surface area contributed by atoms with E-state index >= 15 is 0 Å². The van der Waals surface area contributed by atoms with Crippen molar-refractivity contribution in [1.82, 2.24) is 5.32 Å². The highest BCUT2D eigenvalue weighted by atomic mass is 35.5. The Balaban J connectivity index is 0.00000169. The molecule has 1 N–H and O–H groups in total. The van der Waals surface area contributed by atoms with Gasteiger partial charge in [-0.05, 0) is 24.8 Å². The van der Waals surface area contributed by atoms with Gasteiger partial charge in [0.25, 0.3) is 5.92 Å². The van der Waals surface area contributed by atoms with Crippen LogP contribution in [0, 0.1) is 5.41 Å². The van der Waals surface area contributed by atoms with E-state index in [0.29, 0.717) is 6.42 Å². The monoisotopic (exact) mass is 227 g/mol. The lowest BCUT2D eigenvalue weighted by atomic mass is 9.86. The molecule has 1 rings (SSSR count). The van der Waals surface area contributed by atoms with Gasteiger partial charge in [-0.1, -0.05) is 20.8 Å². The van der Waals surface area contributed by atoms with Crippen molar-refractivity contribution in [3.05, 3.63) is 0 Å². The molecule has 4 heteroatoms. The number of hydrogen-bond donors (Lipinski definition) is 1. The number of nitrogens with one attached hydrogen (secondary N) is 1. The molecule has 1 aliphatic rings. The molecule has 0 aliphatic carbocycles. The Labute approximate surface area is 91.1 Å². The van der Waals surface area contributed by atoms with Crippen LogP contribution in [0.4, 0.5) is 8.78 Å². The van der Waals surface area contributed by atoms with Gasteiger partial charge in [-0.3, -0.25) is 0 Å². The first-order chi connectivity index (χ1) is 5.81. The standard InChI is InChI=1S/C10H19F2N.ClH/c1-9(2,3)7-10(11,12)8-5-4-6-13-8;/h8,13H,4-7H2,1-3H3;1H. The van der Waals surface area contributed by atoms with Crippen molar-refractivity contribution >= 4 is 12.4 Å². The van der Waals surface area contributed by atoms with E-state index in [2.05, 4.69) is 5.32 Å². The van der Waals surface area contributed by atoms with Crippen LogP contribution >= 0.6 is 12.4 Å². The van der Waals surface area contributed by atoms with Crippen molar-refractivity contribution in [2.75, 3.05) is 6.54 Å². The Morgan fingerprint density at radius 1 is 1.29 bits per heavy atom. The largest absolute Gasteiger partial charge is 0.309 e. The molecule has 0 aromatic heterocycles. The van der Waals surface area contributed by atoms with Gasteiger partial charge < -0.3 is 5.32 Å². The molecule has 1 saturated heterocycles. The highest BCUT2D eigenvalue weighted by Crippen LogP contribution is 2.36. The van der Waals surface area contributed by atoms with E-state index in [9.17, 15) is 8.78 Å². The first-order valence-corrected chi connectivity index (χ1v) is 4.92.